The predicted octanol–water partition coefficient (Wildman–Crippen LogP) is 2.95. The summed E-state index contributed by atoms with van der Waals surface area (Å²) in [6.45, 7) is -0.243. The van der Waals surface area contributed by atoms with Gasteiger partial charge in [0, 0.05) is 11.8 Å². The van der Waals surface area contributed by atoms with E-state index in [1.165, 1.54) is 12.1 Å². The standard InChI is InChI=1S/C19H15F2N7O/c20-15-7-11(1-4-14(15)18(29)23-6-5-22)17-16(21)9-24-19(27-17)26-12-8-25-28(10-12)13-2-3-13/h1,4,7-10,13H,2-3,6H2,(H,23,29)(H,24,26,27). The molecule has 0 radical (unpaired) electrons. The third-order valence-electron chi connectivity index (χ3n) is 4.34. The number of nitrogens with zero attached hydrogens (tertiary/aromatic N) is 5. The molecular formula is C19H15F2N7O. The monoisotopic (exact) mass is 395 g/mol. The van der Waals surface area contributed by atoms with E-state index in [0.717, 1.165) is 25.1 Å². The van der Waals surface area contributed by atoms with Gasteiger partial charge in [-0.3, -0.25) is 9.48 Å². The van der Waals surface area contributed by atoms with Crippen LogP contribution in [0.3, 0.4) is 0 Å². The van der Waals surface area contributed by atoms with Crippen LogP contribution in [-0.2, 0) is 0 Å². The predicted molar refractivity (Wildman–Crippen MR) is 99.1 cm³/mol. The Balaban J connectivity index is 1.57. The van der Waals surface area contributed by atoms with Crippen molar-refractivity contribution in [3.63, 3.8) is 0 Å². The van der Waals surface area contributed by atoms with Gasteiger partial charge in [0.15, 0.2) is 5.82 Å². The minimum absolute atomic E-state index is 0.111. The van der Waals surface area contributed by atoms with E-state index in [9.17, 15) is 13.6 Å². The first-order chi connectivity index (χ1) is 14.0. The maximum absolute atomic E-state index is 14.3. The van der Waals surface area contributed by atoms with E-state index >= 15 is 0 Å². The number of nitrogens with one attached hydrogen (secondary N) is 2. The van der Waals surface area contributed by atoms with Crippen LogP contribution < -0.4 is 10.6 Å². The molecular weight excluding hydrogens is 380 g/mol. The van der Waals surface area contributed by atoms with Crippen molar-refractivity contribution < 1.29 is 13.6 Å². The Kier molecular flexibility index (Phi) is 4.87. The summed E-state index contributed by atoms with van der Waals surface area (Å²) in [4.78, 5) is 19.9. The molecule has 8 nitrogen and oxygen atoms in total. The van der Waals surface area contributed by atoms with Crippen LogP contribution in [0.25, 0.3) is 11.3 Å². The van der Waals surface area contributed by atoms with E-state index in [-0.39, 0.29) is 29.3 Å². The Hall–Kier alpha value is -3.87. The summed E-state index contributed by atoms with van der Waals surface area (Å²) in [6, 6.07) is 5.76. The van der Waals surface area contributed by atoms with Gasteiger partial charge in [-0.1, -0.05) is 6.07 Å². The minimum Gasteiger partial charge on any atom is -0.339 e. The zero-order valence-electron chi connectivity index (χ0n) is 15.1. The normalized spacial score (nSPS) is 13.0. The number of hydrogen-bond acceptors (Lipinski definition) is 6. The average Bonchev–Trinajstić information content (AvgIpc) is 3.46. The maximum Gasteiger partial charge on any atom is 0.255 e. The van der Waals surface area contributed by atoms with Gasteiger partial charge < -0.3 is 10.6 Å². The maximum atomic E-state index is 14.3. The van der Waals surface area contributed by atoms with Gasteiger partial charge in [-0.05, 0) is 25.0 Å². The third kappa shape index (κ3) is 4.03. The molecule has 1 fully saturated rings. The molecule has 0 bridgehead atoms. The smallest absolute Gasteiger partial charge is 0.255 e. The minimum atomic E-state index is -0.851. The Morgan fingerprint density at radius 2 is 2.10 bits per heavy atom. The molecule has 1 aliphatic rings. The molecule has 2 aromatic heterocycles. The number of carbonyl (C=O) groups is 1. The molecule has 0 spiro atoms. The van der Waals surface area contributed by atoms with Crippen LogP contribution in [0.5, 0.6) is 0 Å². The van der Waals surface area contributed by atoms with E-state index in [0.29, 0.717) is 11.7 Å². The number of carbonyl (C=O) groups excluding carboxylic acids is 1. The second kappa shape index (κ2) is 7.63. The van der Waals surface area contributed by atoms with Gasteiger partial charge in [0.25, 0.3) is 5.91 Å². The van der Waals surface area contributed by atoms with Gasteiger partial charge in [0.2, 0.25) is 5.95 Å². The molecule has 0 unspecified atom stereocenters. The van der Waals surface area contributed by atoms with Crippen molar-refractivity contribution in [3.8, 4) is 17.3 Å². The topological polar surface area (TPSA) is 109 Å². The van der Waals surface area contributed by atoms with Crippen LogP contribution in [0, 0.1) is 23.0 Å². The first-order valence-corrected chi connectivity index (χ1v) is 8.84. The van der Waals surface area contributed by atoms with Crippen molar-refractivity contribution in [3.05, 3.63) is 54.0 Å². The fraction of sp³-hybridized carbons (Fsp3) is 0.211. The number of anilines is 2. The molecule has 1 amide bonds. The number of rotatable bonds is 6. The Morgan fingerprint density at radius 1 is 1.28 bits per heavy atom. The third-order valence-corrected chi connectivity index (χ3v) is 4.34. The van der Waals surface area contributed by atoms with Crippen LogP contribution in [0.4, 0.5) is 20.4 Å². The summed E-state index contributed by atoms with van der Waals surface area (Å²) in [6.07, 6.45) is 6.61. The van der Waals surface area contributed by atoms with Crippen molar-refractivity contribution in [2.24, 2.45) is 0 Å². The Bertz CT molecular complexity index is 1120. The molecule has 0 atom stereocenters. The van der Waals surface area contributed by atoms with E-state index in [4.69, 9.17) is 5.26 Å². The SMILES string of the molecule is N#CCNC(=O)c1ccc(-c2nc(Nc3cnn(C4CC4)c3)ncc2F)cc1F. The number of nitriles is 1. The Morgan fingerprint density at radius 3 is 2.83 bits per heavy atom. The summed E-state index contributed by atoms with van der Waals surface area (Å²) < 4.78 is 30.4. The van der Waals surface area contributed by atoms with Gasteiger partial charge >= 0.3 is 0 Å². The summed E-state index contributed by atoms with van der Waals surface area (Å²) in [5.41, 5.74) is 0.449. The highest BCUT2D eigenvalue weighted by Crippen LogP contribution is 2.34. The highest BCUT2D eigenvalue weighted by molar-refractivity contribution is 5.95. The lowest BCUT2D eigenvalue weighted by molar-refractivity contribution is 0.0954. The first-order valence-electron chi connectivity index (χ1n) is 8.84. The van der Waals surface area contributed by atoms with Gasteiger partial charge in [-0.15, -0.1) is 0 Å². The molecule has 1 aromatic carbocycles. The molecule has 0 aliphatic heterocycles. The zero-order chi connectivity index (χ0) is 20.4. The highest BCUT2D eigenvalue weighted by Gasteiger charge is 2.24. The van der Waals surface area contributed by atoms with E-state index < -0.39 is 17.5 Å². The number of benzene rings is 1. The fourth-order valence-corrected chi connectivity index (χ4v) is 2.76. The lowest BCUT2D eigenvalue weighted by Crippen LogP contribution is -2.24. The number of aromatic nitrogens is 4. The van der Waals surface area contributed by atoms with Gasteiger partial charge in [0.05, 0.1) is 35.8 Å². The van der Waals surface area contributed by atoms with Crippen molar-refractivity contribution in [1.29, 1.82) is 5.26 Å². The molecule has 1 aliphatic carbocycles. The summed E-state index contributed by atoms with van der Waals surface area (Å²) in [7, 11) is 0. The number of hydrogen-bond donors (Lipinski definition) is 2. The molecule has 29 heavy (non-hydrogen) atoms. The molecule has 3 aromatic rings. The second-order valence-corrected chi connectivity index (χ2v) is 6.49. The fourth-order valence-electron chi connectivity index (χ4n) is 2.76. The van der Waals surface area contributed by atoms with Crippen molar-refractivity contribution in [2.45, 2.75) is 18.9 Å². The van der Waals surface area contributed by atoms with Gasteiger partial charge in [0.1, 0.15) is 18.1 Å². The molecule has 2 heterocycles. The molecule has 0 saturated heterocycles. The first kappa shape index (κ1) is 18.5. The van der Waals surface area contributed by atoms with Crippen molar-refractivity contribution in [2.75, 3.05) is 11.9 Å². The molecule has 2 N–H and O–H groups in total. The average molecular weight is 395 g/mol. The molecule has 1 saturated carbocycles. The largest absolute Gasteiger partial charge is 0.339 e. The van der Waals surface area contributed by atoms with Gasteiger partial charge in [-0.25, -0.2) is 18.7 Å². The zero-order valence-corrected chi connectivity index (χ0v) is 15.1. The molecule has 146 valence electrons. The second-order valence-electron chi connectivity index (χ2n) is 6.49. The number of amides is 1. The van der Waals surface area contributed by atoms with Crippen LogP contribution in [-0.4, -0.2) is 32.2 Å². The summed E-state index contributed by atoms with van der Waals surface area (Å²) in [5, 5.41) is 17.9. The Labute approximate surface area is 164 Å². The summed E-state index contributed by atoms with van der Waals surface area (Å²) >= 11 is 0. The summed E-state index contributed by atoms with van der Waals surface area (Å²) in [5.74, 6) is -2.18. The van der Waals surface area contributed by atoms with Crippen LogP contribution in [0.2, 0.25) is 0 Å². The van der Waals surface area contributed by atoms with Crippen molar-refractivity contribution >= 4 is 17.5 Å². The quantitative estimate of drug-likeness (QED) is 0.621. The van der Waals surface area contributed by atoms with Crippen LogP contribution in [0.1, 0.15) is 29.2 Å². The molecule has 10 heteroatoms. The lowest BCUT2D eigenvalue weighted by Gasteiger charge is -2.08. The van der Waals surface area contributed by atoms with Crippen LogP contribution >= 0.6 is 0 Å². The highest BCUT2D eigenvalue weighted by atomic mass is 19.1. The van der Waals surface area contributed by atoms with Crippen molar-refractivity contribution in [1.82, 2.24) is 25.1 Å². The van der Waals surface area contributed by atoms with Crippen LogP contribution in [0.15, 0.2) is 36.8 Å². The molecule has 4 rings (SSSR count). The number of halogens is 2. The van der Waals surface area contributed by atoms with Gasteiger partial charge in [-0.2, -0.15) is 10.4 Å². The van der Waals surface area contributed by atoms with E-state index in [2.05, 4.69) is 25.7 Å². The van der Waals surface area contributed by atoms with E-state index in [1.807, 2.05) is 10.9 Å². The lowest BCUT2D eigenvalue weighted by atomic mass is 10.1. The van der Waals surface area contributed by atoms with E-state index in [1.54, 1.807) is 12.3 Å².